The van der Waals surface area contributed by atoms with Crippen LogP contribution >= 0.6 is 0 Å². The molecule has 17 heavy (non-hydrogen) atoms. The minimum atomic E-state index is -4.07. The van der Waals surface area contributed by atoms with E-state index in [2.05, 4.69) is 14.2 Å². The van der Waals surface area contributed by atoms with Gasteiger partial charge in [-0.2, -0.15) is 8.42 Å². The van der Waals surface area contributed by atoms with Crippen LogP contribution < -0.4 is 20.2 Å². The number of para-hydroxylation sites is 1. The number of nitrogens with one attached hydrogen (secondary N) is 1. The zero-order valence-corrected chi connectivity index (χ0v) is 9.85. The first-order valence-corrected chi connectivity index (χ1v) is 5.80. The maximum absolute atomic E-state index is 10.9. The molecule has 0 unspecified atom stereocenters. The molecule has 0 aliphatic carbocycles. The van der Waals surface area contributed by atoms with Gasteiger partial charge >= 0.3 is 10.4 Å². The highest BCUT2D eigenvalue weighted by Gasteiger charge is 2.31. The maximum Gasteiger partial charge on any atom is 0.440 e. The summed E-state index contributed by atoms with van der Waals surface area (Å²) < 4.78 is 40.8. The van der Waals surface area contributed by atoms with E-state index in [1.165, 1.54) is 14.2 Å². The SMILES string of the molecule is COc1cccc(N2NOS(=O)(=O)O2)c1OC. The molecule has 1 saturated heterocycles. The van der Waals surface area contributed by atoms with Gasteiger partial charge < -0.3 is 9.47 Å². The molecule has 0 radical (unpaired) electrons. The minimum Gasteiger partial charge on any atom is -0.493 e. The van der Waals surface area contributed by atoms with Crippen molar-refractivity contribution < 1.29 is 26.5 Å². The summed E-state index contributed by atoms with van der Waals surface area (Å²) in [5.74, 6) is 0.739. The fourth-order valence-electron chi connectivity index (χ4n) is 1.32. The maximum atomic E-state index is 10.9. The molecule has 8 nitrogen and oxygen atoms in total. The summed E-state index contributed by atoms with van der Waals surface area (Å²) in [7, 11) is -1.18. The number of hydrogen-bond acceptors (Lipinski definition) is 8. The highest BCUT2D eigenvalue weighted by atomic mass is 32.3. The van der Waals surface area contributed by atoms with E-state index in [0.717, 1.165) is 5.17 Å². The number of anilines is 1. The van der Waals surface area contributed by atoms with Crippen LogP contribution in [0.2, 0.25) is 0 Å². The molecular formula is C8H10N2O6S. The van der Waals surface area contributed by atoms with Gasteiger partial charge in [0.2, 0.25) is 0 Å². The lowest BCUT2D eigenvalue weighted by Crippen LogP contribution is -2.28. The third-order valence-corrected chi connectivity index (χ3v) is 2.60. The number of hydrogen-bond donors (Lipinski definition) is 1. The molecule has 1 fully saturated rings. The second-order valence-electron chi connectivity index (χ2n) is 2.96. The Kier molecular flexibility index (Phi) is 3.07. The van der Waals surface area contributed by atoms with Gasteiger partial charge in [-0.05, 0) is 12.1 Å². The summed E-state index contributed by atoms with van der Waals surface area (Å²) in [6.45, 7) is 0. The Morgan fingerprint density at radius 1 is 1.29 bits per heavy atom. The average Bonchev–Trinajstić information content (AvgIpc) is 2.68. The molecule has 94 valence electrons. The standard InChI is InChI=1S/C8H10N2O6S/c1-13-7-5-3-4-6(8(7)14-2)10-9-15-17(11,12)16-10/h3-5,9H,1-2H3. The molecule has 1 aromatic rings. The molecule has 1 N–H and O–H groups in total. The minimum absolute atomic E-state index is 0.299. The van der Waals surface area contributed by atoms with E-state index in [0.29, 0.717) is 17.2 Å². The summed E-state index contributed by atoms with van der Waals surface area (Å²) in [5.41, 5.74) is 2.38. The lowest BCUT2D eigenvalue weighted by Gasteiger charge is -2.16. The first-order valence-electron chi connectivity index (χ1n) is 4.47. The van der Waals surface area contributed by atoms with Gasteiger partial charge in [-0.25, -0.2) is 0 Å². The van der Waals surface area contributed by atoms with Gasteiger partial charge in [0.05, 0.1) is 14.2 Å². The number of ether oxygens (including phenoxy) is 2. The van der Waals surface area contributed by atoms with Crippen molar-refractivity contribution in [3.63, 3.8) is 0 Å². The Balaban J connectivity index is 2.39. The lowest BCUT2D eigenvalue weighted by molar-refractivity contribution is 0.195. The van der Waals surface area contributed by atoms with E-state index < -0.39 is 10.4 Å². The van der Waals surface area contributed by atoms with Crippen LogP contribution in [0.4, 0.5) is 5.69 Å². The van der Waals surface area contributed by atoms with E-state index >= 15 is 0 Å². The molecule has 1 aliphatic heterocycles. The summed E-state index contributed by atoms with van der Waals surface area (Å²) in [5, 5.41) is 0.816. The Labute approximate surface area is 97.8 Å². The summed E-state index contributed by atoms with van der Waals surface area (Å²) in [6.07, 6.45) is 0. The largest absolute Gasteiger partial charge is 0.493 e. The zero-order chi connectivity index (χ0) is 12.5. The molecule has 1 aliphatic rings. The molecule has 1 heterocycles. The molecule has 0 bridgehead atoms. The third kappa shape index (κ3) is 2.26. The number of hydrazine groups is 1. The summed E-state index contributed by atoms with van der Waals surface area (Å²) in [4.78, 5) is 0. The van der Waals surface area contributed by atoms with Crippen LogP contribution in [0.25, 0.3) is 0 Å². The average molecular weight is 262 g/mol. The van der Waals surface area contributed by atoms with Crippen molar-refractivity contribution in [1.29, 1.82) is 0 Å². The van der Waals surface area contributed by atoms with E-state index in [9.17, 15) is 8.42 Å². The molecule has 2 rings (SSSR count). The van der Waals surface area contributed by atoms with Gasteiger partial charge in [-0.1, -0.05) is 11.7 Å². The number of methoxy groups -OCH3 is 2. The zero-order valence-electron chi connectivity index (χ0n) is 9.04. The number of nitrogens with zero attached hydrogens (tertiary/aromatic N) is 1. The molecule has 0 atom stereocenters. The number of benzene rings is 1. The Bertz CT molecular complexity index is 517. The smallest absolute Gasteiger partial charge is 0.440 e. The quantitative estimate of drug-likeness (QED) is 0.823. The van der Waals surface area contributed by atoms with Crippen molar-refractivity contribution >= 4 is 16.1 Å². The van der Waals surface area contributed by atoms with Gasteiger partial charge in [-0.3, -0.25) is 0 Å². The second kappa shape index (κ2) is 4.37. The van der Waals surface area contributed by atoms with E-state index in [1.807, 2.05) is 0 Å². The third-order valence-electron chi connectivity index (χ3n) is 1.99. The lowest BCUT2D eigenvalue weighted by atomic mass is 10.2. The van der Waals surface area contributed by atoms with Crippen molar-refractivity contribution in [2.24, 2.45) is 0 Å². The van der Waals surface area contributed by atoms with Crippen LogP contribution in [-0.4, -0.2) is 22.6 Å². The van der Waals surface area contributed by atoms with Crippen LogP contribution in [-0.2, 0) is 19.0 Å². The van der Waals surface area contributed by atoms with Crippen molar-refractivity contribution in [2.75, 3.05) is 19.4 Å². The van der Waals surface area contributed by atoms with Crippen molar-refractivity contribution in [1.82, 2.24) is 5.59 Å². The molecule has 0 amide bonds. The predicted octanol–water partition coefficient (Wildman–Crippen LogP) is 0.136. The molecule has 0 spiro atoms. The highest BCUT2D eigenvalue weighted by molar-refractivity contribution is 7.82. The molecule has 1 aromatic carbocycles. The first kappa shape index (κ1) is 11.9. The summed E-state index contributed by atoms with van der Waals surface area (Å²) in [6, 6.07) is 4.87. The Morgan fingerprint density at radius 3 is 2.59 bits per heavy atom. The normalized spacial score (nSPS) is 18.1. The Hall–Kier alpha value is -1.55. The number of rotatable bonds is 3. The predicted molar refractivity (Wildman–Crippen MR) is 56.3 cm³/mol. The van der Waals surface area contributed by atoms with Gasteiger partial charge in [-0.15, -0.1) is 13.7 Å². The van der Waals surface area contributed by atoms with E-state index in [4.69, 9.17) is 9.47 Å². The Morgan fingerprint density at radius 2 is 2.06 bits per heavy atom. The monoisotopic (exact) mass is 262 g/mol. The van der Waals surface area contributed by atoms with Gasteiger partial charge in [0.15, 0.2) is 11.5 Å². The van der Waals surface area contributed by atoms with Gasteiger partial charge in [0.1, 0.15) is 5.69 Å². The van der Waals surface area contributed by atoms with Crippen LogP contribution in [0.1, 0.15) is 0 Å². The van der Waals surface area contributed by atoms with Crippen LogP contribution in [0.5, 0.6) is 11.5 Å². The first-order chi connectivity index (χ1) is 8.07. The van der Waals surface area contributed by atoms with Crippen LogP contribution in [0.15, 0.2) is 18.2 Å². The molecule has 0 aromatic heterocycles. The van der Waals surface area contributed by atoms with Crippen molar-refractivity contribution in [3.8, 4) is 11.5 Å². The molecule has 9 heteroatoms. The van der Waals surface area contributed by atoms with Crippen molar-refractivity contribution in [3.05, 3.63) is 18.2 Å². The van der Waals surface area contributed by atoms with Crippen LogP contribution in [0.3, 0.4) is 0 Å². The summed E-state index contributed by atoms with van der Waals surface area (Å²) >= 11 is 0. The second-order valence-corrected chi connectivity index (χ2v) is 4.10. The van der Waals surface area contributed by atoms with Crippen molar-refractivity contribution in [2.45, 2.75) is 0 Å². The van der Waals surface area contributed by atoms with Gasteiger partial charge in [0.25, 0.3) is 0 Å². The van der Waals surface area contributed by atoms with Gasteiger partial charge in [0, 0.05) is 0 Å². The topological polar surface area (TPSA) is 86.3 Å². The van der Waals surface area contributed by atoms with Crippen LogP contribution in [0, 0.1) is 0 Å². The highest BCUT2D eigenvalue weighted by Crippen LogP contribution is 2.37. The fourth-order valence-corrected chi connectivity index (χ4v) is 1.80. The molecular weight excluding hydrogens is 252 g/mol. The van der Waals surface area contributed by atoms with E-state index in [1.54, 1.807) is 18.2 Å². The van der Waals surface area contributed by atoms with E-state index in [-0.39, 0.29) is 0 Å². The molecule has 0 saturated carbocycles. The fraction of sp³-hybridized carbons (Fsp3) is 0.250.